The van der Waals surface area contributed by atoms with E-state index in [-0.39, 0.29) is 11.7 Å². The van der Waals surface area contributed by atoms with E-state index in [2.05, 4.69) is 0 Å². The number of anilines is 3. The summed E-state index contributed by atoms with van der Waals surface area (Å²) in [5.41, 5.74) is 8.36. The lowest BCUT2D eigenvalue weighted by Gasteiger charge is -2.22. The van der Waals surface area contributed by atoms with E-state index in [0.717, 1.165) is 0 Å². The third kappa shape index (κ3) is 3.13. The number of benzene rings is 2. The molecule has 0 unspecified atom stereocenters. The van der Waals surface area contributed by atoms with Crippen molar-refractivity contribution in [1.29, 1.82) is 0 Å². The summed E-state index contributed by atoms with van der Waals surface area (Å²) in [6.45, 7) is 0. The molecule has 2 N–H and O–H groups in total. The van der Waals surface area contributed by atoms with Crippen LogP contribution in [0.4, 0.5) is 21.5 Å². The number of amides is 1. The first-order chi connectivity index (χ1) is 9.90. The normalized spacial score (nSPS) is 10.3. The zero-order valence-corrected chi connectivity index (χ0v) is 12.3. The lowest BCUT2D eigenvalue weighted by Crippen LogP contribution is -2.22. The van der Waals surface area contributed by atoms with E-state index in [1.54, 1.807) is 56.4 Å². The van der Waals surface area contributed by atoms with Crippen LogP contribution in [0.2, 0.25) is 0 Å². The van der Waals surface area contributed by atoms with Gasteiger partial charge in [-0.05, 0) is 36.4 Å². The summed E-state index contributed by atoms with van der Waals surface area (Å²) < 4.78 is 13.3. The SMILES string of the molecule is CN(C)C(=O)c1ccc(N)c(N(C)c2cccc(F)c2)c1. The van der Waals surface area contributed by atoms with Crippen molar-refractivity contribution >= 4 is 23.0 Å². The number of nitrogen functional groups attached to an aromatic ring is 1. The van der Waals surface area contributed by atoms with Crippen LogP contribution in [-0.4, -0.2) is 32.0 Å². The largest absolute Gasteiger partial charge is 0.397 e. The summed E-state index contributed by atoms with van der Waals surface area (Å²) in [6.07, 6.45) is 0. The Morgan fingerprint density at radius 3 is 2.43 bits per heavy atom. The van der Waals surface area contributed by atoms with Gasteiger partial charge in [-0.2, -0.15) is 0 Å². The molecular formula is C16H18FN3O. The molecule has 0 aliphatic carbocycles. The minimum absolute atomic E-state index is 0.108. The van der Waals surface area contributed by atoms with Crippen LogP contribution < -0.4 is 10.6 Å². The molecule has 0 fully saturated rings. The van der Waals surface area contributed by atoms with Gasteiger partial charge in [0.05, 0.1) is 11.4 Å². The van der Waals surface area contributed by atoms with Gasteiger partial charge in [-0.25, -0.2) is 4.39 Å². The fourth-order valence-corrected chi connectivity index (χ4v) is 2.05. The minimum Gasteiger partial charge on any atom is -0.397 e. The zero-order valence-electron chi connectivity index (χ0n) is 12.3. The number of rotatable bonds is 3. The van der Waals surface area contributed by atoms with Crippen LogP contribution in [0.15, 0.2) is 42.5 Å². The predicted octanol–water partition coefficient (Wildman–Crippen LogP) is 2.88. The first-order valence-corrected chi connectivity index (χ1v) is 6.50. The smallest absolute Gasteiger partial charge is 0.253 e. The molecule has 5 heteroatoms. The predicted molar refractivity (Wildman–Crippen MR) is 83.3 cm³/mol. The molecule has 0 aromatic heterocycles. The molecule has 21 heavy (non-hydrogen) atoms. The number of carbonyl (C=O) groups excluding carboxylic acids is 1. The monoisotopic (exact) mass is 287 g/mol. The third-order valence-electron chi connectivity index (χ3n) is 3.24. The molecule has 0 aliphatic rings. The Kier molecular flexibility index (Phi) is 4.12. The molecule has 0 saturated carbocycles. The average molecular weight is 287 g/mol. The fraction of sp³-hybridized carbons (Fsp3) is 0.188. The molecule has 110 valence electrons. The van der Waals surface area contributed by atoms with Crippen LogP contribution in [-0.2, 0) is 0 Å². The molecule has 1 amide bonds. The van der Waals surface area contributed by atoms with E-state index in [9.17, 15) is 9.18 Å². The van der Waals surface area contributed by atoms with Gasteiger partial charge in [-0.3, -0.25) is 4.79 Å². The quantitative estimate of drug-likeness (QED) is 0.883. The van der Waals surface area contributed by atoms with Gasteiger partial charge in [0.1, 0.15) is 5.82 Å². The number of halogens is 1. The first-order valence-electron chi connectivity index (χ1n) is 6.50. The van der Waals surface area contributed by atoms with E-state index in [1.165, 1.54) is 17.0 Å². The Hall–Kier alpha value is -2.56. The van der Waals surface area contributed by atoms with Crippen molar-refractivity contribution in [3.63, 3.8) is 0 Å². The van der Waals surface area contributed by atoms with Crippen molar-refractivity contribution in [3.8, 4) is 0 Å². The number of hydrogen-bond acceptors (Lipinski definition) is 3. The number of nitrogens with two attached hydrogens (primary N) is 1. The van der Waals surface area contributed by atoms with Crippen LogP contribution in [0, 0.1) is 5.82 Å². The highest BCUT2D eigenvalue weighted by Crippen LogP contribution is 2.30. The molecule has 0 radical (unpaired) electrons. The van der Waals surface area contributed by atoms with Crippen LogP contribution >= 0.6 is 0 Å². The summed E-state index contributed by atoms with van der Waals surface area (Å²) in [7, 11) is 5.16. The highest BCUT2D eigenvalue weighted by molar-refractivity contribution is 5.96. The second-order valence-electron chi connectivity index (χ2n) is 5.01. The van der Waals surface area contributed by atoms with Crippen molar-refractivity contribution in [2.24, 2.45) is 0 Å². The molecule has 0 heterocycles. The second-order valence-corrected chi connectivity index (χ2v) is 5.01. The van der Waals surface area contributed by atoms with Crippen LogP contribution in [0.5, 0.6) is 0 Å². The molecule has 0 spiro atoms. The van der Waals surface area contributed by atoms with Crippen molar-refractivity contribution < 1.29 is 9.18 Å². The first kappa shape index (κ1) is 14.8. The van der Waals surface area contributed by atoms with E-state index in [1.807, 2.05) is 0 Å². The van der Waals surface area contributed by atoms with Crippen molar-refractivity contribution in [1.82, 2.24) is 4.90 Å². The highest BCUT2D eigenvalue weighted by Gasteiger charge is 2.14. The fourth-order valence-electron chi connectivity index (χ4n) is 2.05. The van der Waals surface area contributed by atoms with E-state index in [4.69, 9.17) is 5.73 Å². The van der Waals surface area contributed by atoms with Gasteiger partial charge in [0, 0.05) is 32.4 Å². The summed E-state index contributed by atoms with van der Waals surface area (Å²) in [6, 6.07) is 11.3. The van der Waals surface area contributed by atoms with Gasteiger partial charge >= 0.3 is 0 Å². The van der Waals surface area contributed by atoms with Gasteiger partial charge in [-0.15, -0.1) is 0 Å². The van der Waals surface area contributed by atoms with E-state index < -0.39 is 0 Å². The van der Waals surface area contributed by atoms with E-state index in [0.29, 0.717) is 22.6 Å². The Labute approximate surface area is 123 Å². The molecule has 0 atom stereocenters. The highest BCUT2D eigenvalue weighted by atomic mass is 19.1. The van der Waals surface area contributed by atoms with Gasteiger partial charge in [-0.1, -0.05) is 6.07 Å². The zero-order chi connectivity index (χ0) is 15.6. The molecule has 2 aromatic rings. The Morgan fingerprint density at radius 2 is 1.81 bits per heavy atom. The van der Waals surface area contributed by atoms with Crippen LogP contribution in [0.25, 0.3) is 0 Å². The minimum atomic E-state index is -0.321. The Bertz CT molecular complexity index is 670. The number of carbonyl (C=O) groups is 1. The van der Waals surface area contributed by atoms with E-state index >= 15 is 0 Å². The van der Waals surface area contributed by atoms with Crippen molar-refractivity contribution in [3.05, 3.63) is 53.8 Å². The maximum Gasteiger partial charge on any atom is 0.253 e. The van der Waals surface area contributed by atoms with Gasteiger partial charge in [0.25, 0.3) is 5.91 Å². The maximum atomic E-state index is 13.3. The Balaban J connectivity index is 2.43. The number of hydrogen-bond donors (Lipinski definition) is 1. The maximum absolute atomic E-state index is 13.3. The molecule has 0 aliphatic heterocycles. The molecule has 2 aromatic carbocycles. The molecular weight excluding hydrogens is 269 g/mol. The summed E-state index contributed by atoms with van der Waals surface area (Å²) in [4.78, 5) is 15.3. The van der Waals surface area contributed by atoms with Gasteiger partial charge in [0.15, 0.2) is 0 Å². The summed E-state index contributed by atoms with van der Waals surface area (Å²) in [5, 5.41) is 0. The van der Waals surface area contributed by atoms with Crippen LogP contribution in [0.1, 0.15) is 10.4 Å². The molecule has 0 bridgehead atoms. The lowest BCUT2D eigenvalue weighted by molar-refractivity contribution is 0.0827. The molecule has 0 saturated heterocycles. The van der Waals surface area contributed by atoms with Crippen LogP contribution in [0.3, 0.4) is 0 Å². The van der Waals surface area contributed by atoms with Gasteiger partial charge in [0.2, 0.25) is 0 Å². The van der Waals surface area contributed by atoms with Crippen molar-refractivity contribution in [2.75, 3.05) is 31.8 Å². The standard InChI is InChI=1S/C16H18FN3O/c1-19(2)16(21)11-7-8-14(18)15(9-11)20(3)13-6-4-5-12(17)10-13/h4-10H,18H2,1-3H3. The lowest BCUT2D eigenvalue weighted by atomic mass is 10.1. The average Bonchev–Trinajstić information content (AvgIpc) is 2.46. The summed E-state index contributed by atoms with van der Waals surface area (Å²) >= 11 is 0. The third-order valence-corrected chi connectivity index (χ3v) is 3.24. The van der Waals surface area contributed by atoms with Gasteiger partial charge < -0.3 is 15.5 Å². The second kappa shape index (κ2) is 5.83. The topological polar surface area (TPSA) is 49.6 Å². The van der Waals surface area contributed by atoms with Crippen molar-refractivity contribution in [2.45, 2.75) is 0 Å². The Morgan fingerprint density at radius 1 is 1.10 bits per heavy atom. The summed E-state index contributed by atoms with van der Waals surface area (Å²) in [5.74, 6) is -0.428. The molecule has 2 rings (SSSR count). The number of nitrogens with zero attached hydrogens (tertiary/aromatic N) is 2. The molecule has 4 nitrogen and oxygen atoms in total.